The number of Topliss-reactive ketones (excluding diaryl/α,β-unsaturated/α-hetero) is 1. The summed E-state index contributed by atoms with van der Waals surface area (Å²) in [4.78, 5) is 29.3. The second kappa shape index (κ2) is 9.04. The first-order valence-electron chi connectivity index (χ1n) is 10.6. The molecule has 1 saturated heterocycles. The Balaban J connectivity index is 1.40. The lowest BCUT2D eigenvalue weighted by molar-refractivity contribution is 0.0624. The molecule has 2 heterocycles. The lowest BCUT2D eigenvalue weighted by Crippen LogP contribution is -2.49. The first-order chi connectivity index (χ1) is 15.3. The summed E-state index contributed by atoms with van der Waals surface area (Å²) in [6, 6.07) is 13.8. The molecule has 0 radical (unpaired) electrons. The Morgan fingerprint density at radius 1 is 0.875 bits per heavy atom. The standard InChI is InChI=1S/C25H25F2N3O2/c1-17-14-23(18(2)30(17)22-8-6-20(26)7-9-22)24(31)16-28-10-12-29(13-11-28)25(32)19-4-3-5-21(27)15-19/h3-9,14-15H,10-13,16H2,1-2H3. The molecule has 0 N–H and O–H groups in total. The molecule has 0 atom stereocenters. The van der Waals surface area contributed by atoms with Gasteiger partial charge in [0.25, 0.3) is 5.91 Å². The van der Waals surface area contributed by atoms with Crippen molar-refractivity contribution < 1.29 is 18.4 Å². The van der Waals surface area contributed by atoms with Crippen molar-refractivity contribution in [2.75, 3.05) is 32.7 Å². The van der Waals surface area contributed by atoms with Crippen LogP contribution < -0.4 is 0 Å². The van der Waals surface area contributed by atoms with Crippen molar-refractivity contribution in [2.24, 2.45) is 0 Å². The lowest BCUT2D eigenvalue weighted by atomic mass is 10.1. The number of halogens is 2. The number of nitrogens with zero attached hydrogens (tertiary/aromatic N) is 3. The SMILES string of the molecule is Cc1cc(C(=O)CN2CCN(C(=O)c3cccc(F)c3)CC2)c(C)n1-c1ccc(F)cc1. The number of benzene rings is 2. The predicted molar refractivity (Wildman–Crippen MR) is 118 cm³/mol. The first kappa shape index (κ1) is 21.9. The van der Waals surface area contributed by atoms with Crippen LogP contribution in [0.1, 0.15) is 32.1 Å². The van der Waals surface area contributed by atoms with Crippen LogP contribution in [-0.4, -0.2) is 58.8 Å². The highest BCUT2D eigenvalue weighted by Crippen LogP contribution is 2.22. The fourth-order valence-corrected chi connectivity index (χ4v) is 4.23. The van der Waals surface area contributed by atoms with Gasteiger partial charge in [-0.2, -0.15) is 0 Å². The third kappa shape index (κ3) is 4.48. The number of hydrogen-bond donors (Lipinski definition) is 0. The summed E-state index contributed by atoms with van der Waals surface area (Å²) in [5.41, 5.74) is 3.51. The van der Waals surface area contributed by atoms with E-state index in [2.05, 4.69) is 0 Å². The molecule has 5 nitrogen and oxygen atoms in total. The minimum absolute atomic E-state index is 0.0105. The van der Waals surface area contributed by atoms with E-state index in [0.717, 1.165) is 17.1 Å². The third-order valence-electron chi connectivity index (χ3n) is 5.91. The fourth-order valence-electron chi connectivity index (χ4n) is 4.23. The van der Waals surface area contributed by atoms with E-state index >= 15 is 0 Å². The van der Waals surface area contributed by atoms with Crippen LogP contribution in [0.2, 0.25) is 0 Å². The number of carbonyl (C=O) groups is 2. The number of aryl methyl sites for hydroxylation is 1. The van der Waals surface area contributed by atoms with Crippen molar-refractivity contribution in [3.63, 3.8) is 0 Å². The maximum absolute atomic E-state index is 13.4. The molecular weight excluding hydrogens is 412 g/mol. The normalized spacial score (nSPS) is 14.6. The molecule has 32 heavy (non-hydrogen) atoms. The number of ketones is 1. The second-order valence-corrected chi connectivity index (χ2v) is 8.10. The van der Waals surface area contributed by atoms with Crippen molar-refractivity contribution >= 4 is 11.7 Å². The molecule has 3 aromatic rings. The minimum Gasteiger partial charge on any atom is -0.336 e. The predicted octanol–water partition coefficient (Wildman–Crippen LogP) is 4.01. The van der Waals surface area contributed by atoms with Gasteiger partial charge in [-0.15, -0.1) is 0 Å². The number of piperazine rings is 1. The maximum Gasteiger partial charge on any atom is 0.254 e. The van der Waals surface area contributed by atoms with Crippen LogP contribution >= 0.6 is 0 Å². The van der Waals surface area contributed by atoms with E-state index < -0.39 is 5.82 Å². The van der Waals surface area contributed by atoms with Crippen LogP contribution in [0.4, 0.5) is 8.78 Å². The zero-order chi connectivity index (χ0) is 22.8. The Kier molecular flexibility index (Phi) is 6.19. The summed E-state index contributed by atoms with van der Waals surface area (Å²) in [6.45, 7) is 6.18. The van der Waals surface area contributed by atoms with Gasteiger partial charge in [0.05, 0.1) is 6.54 Å². The van der Waals surface area contributed by atoms with Gasteiger partial charge in [-0.1, -0.05) is 6.07 Å². The topological polar surface area (TPSA) is 45.6 Å². The first-order valence-corrected chi connectivity index (χ1v) is 10.6. The molecule has 1 amide bonds. The van der Waals surface area contributed by atoms with Crippen LogP contribution in [0.15, 0.2) is 54.6 Å². The molecular formula is C25H25F2N3O2. The van der Waals surface area contributed by atoms with Crippen LogP contribution in [0, 0.1) is 25.5 Å². The highest BCUT2D eigenvalue weighted by atomic mass is 19.1. The van der Waals surface area contributed by atoms with Gasteiger partial charge in [0.1, 0.15) is 11.6 Å². The van der Waals surface area contributed by atoms with Gasteiger partial charge in [-0.05, 0) is 62.4 Å². The van der Waals surface area contributed by atoms with Gasteiger partial charge in [0.2, 0.25) is 0 Å². The monoisotopic (exact) mass is 437 g/mol. The molecule has 0 spiro atoms. The summed E-state index contributed by atoms with van der Waals surface area (Å²) in [7, 11) is 0. The molecule has 4 rings (SSSR count). The smallest absolute Gasteiger partial charge is 0.254 e. The Labute approximate surface area is 185 Å². The molecule has 2 aromatic carbocycles. The van der Waals surface area contributed by atoms with E-state index in [1.165, 1.54) is 30.3 Å². The van der Waals surface area contributed by atoms with Gasteiger partial charge >= 0.3 is 0 Å². The second-order valence-electron chi connectivity index (χ2n) is 8.10. The van der Waals surface area contributed by atoms with Crippen LogP contribution in [-0.2, 0) is 0 Å². The van der Waals surface area contributed by atoms with E-state index in [1.54, 1.807) is 23.1 Å². The average molecular weight is 437 g/mol. The highest BCUT2D eigenvalue weighted by Gasteiger charge is 2.25. The van der Waals surface area contributed by atoms with Gasteiger partial charge in [0.15, 0.2) is 5.78 Å². The van der Waals surface area contributed by atoms with E-state index in [0.29, 0.717) is 37.3 Å². The van der Waals surface area contributed by atoms with Crippen molar-refractivity contribution in [3.8, 4) is 5.69 Å². The van der Waals surface area contributed by atoms with Crippen LogP contribution in [0.25, 0.3) is 5.69 Å². The number of aromatic nitrogens is 1. The number of rotatable bonds is 5. The van der Waals surface area contributed by atoms with E-state index in [4.69, 9.17) is 0 Å². The molecule has 1 aliphatic heterocycles. The minimum atomic E-state index is -0.432. The fraction of sp³-hybridized carbons (Fsp3) is 0.280. The molecule has 1 fully saturated rings. The Morgan fingerprint density at radius 2 is 1.56 bits per heavy atom. The summed E-state index contributed by atoms with van der Waals surface area (Å²) < 4.78 is 28.6. The molecule has 0 aliphatic carbocycles. The van der Waals surface area contributed by atoms with Gasteiger partial charge in [-0.3, -0.25) is 14.5 Å². The molecule has 0 bridgehead atoms. The third-order valence-corrected chi connectivity index (χ3v) is 5.91. The van der Waals surface area contributed by atoms with Crippen LogP contribution in [0.3, 0.4) is 0 Å². The molecule has 166 valence electrons. The summed E-state index contributed by atoms with van der Waals surface area (Å²) in [5.74, 6) is -0.921. The molecule has 1 aliphatic rings. The van der Waals surface area contributed by atoms with Gasteiger partial charge in [0, 0.05) is 54.4 Å². The lowest BCUT2D eigenvalue weighted by Gasteiger charge is -2.34. The van der Waals surface area contributed by atoms with E-state index in [-0.39, 0.29) is 24.1 Å². The quantitative estimate of drug-likeness (QED) is 0.567. The van der Waals surface area contributed by atoms with Gasteiger partial charge < -0.3 is 9.47 Å². The zero-order valence-electron chi connectivity index (χ0n) is 18.1. The number of carbonyl (C=O) groups excluding carboxylic acids is 2. The molecule has 7 heteroatoms. The largest absolute Gasteiger partial charge is 0.336 e. The van der Waals surface area contributed by atoms with Crippen molar-refractivity contribution in [3.05, 3.63) is 88.7 Å². The number of amides is 1. The highest BCUT2D eigenvalue weighted by molar-refractivity contribution is 5.99. The molecule has 0 unspecified atom stereocenters. The maximum atomic E-state index is 13.4. The number of hydrogen-bond acceptors (Lipinski definition) is 3. The van der Waals surface area contributed by atoms with Crippen molar-refractivity contribution in [1.82, 2.24) is 14.4 Å². The van der Waals surface area contributed by atoms with E-state index in [9.17, 15) is 18.4 Å². The van der Waals surface area contributed by atoms with Crippen molar-refractivity contribution in [2.45, 2.75) is 13.8 Å². The summed E-state index contributed by atoms with van der Waals surface area (Å²) >= 11 is 0. The van der Waals surface area contributed by atoms with Crippen molar-refractivity contribution in [1.29, 1.82) is 0 Å². The Hall–Kier alpha value is -3.32. The van der Waals surface area contributed by atoms with Crippen LogP contribution in [0.5, 0.6) is 0 Å². The Bertz CT molecular complexity index is 1150. The van der Waals surface area contributed by atoms with E-state index in [1.807, 2.05) is 29.4 Å². The average Bonchev–Trinajstić information content (AvgIpc) is 3.08. The Morgan fingerprint density at radius 3 is 2.22 bits per heavy atom. The summed E-state index contributed by atoms with van der Waals surface area (Å²) in [6.07, 6.45) is 0. The molecule has 0 saturated carbocycles. The molecule has 1 aromatic heterocycles. The summed E-state index contributed by atoms with van der Waals surface area (Å²) in [5, 5.41) is 0. The van der Waals surface area contributed by atoms with Gasteiger partial charge in [-0.25, -0.2) is 8.78 Å². The zero-order valence-corrected chi connectivity index (χ0v) is 18.1.